The molecule has 3 aromatic carbocycles. The van der Waals surface area contributed by atoms with Crippen LogP contribution in [0.15, 0.2) is 48.5 Å². The van der Waals surface area contributed by atoms with Gasteiger partial charge < -0.3 is 4.74 Å². The summed E-state index contributed by atoms with van der Waals surface area (Å²) in [6.07, 6.45) is -4.77. The number of rotatable bonds is 5. The van der Waals surface area contributed by atoms with Crippen molar-refractivity contribution in [2.75, 3.05) is 18.1 Å². The van der Waals surface area contributed by atoms with E-state index in [1.165, 1.54) is 18.2 Å². The highest BCUT2D eigenvalue weighted by Gasteiger charge is 2.60. The maximum Gasteiger partial charge on any atom is 0.458 e. The first kappa shape index (κ1) is 23.5. The van der Waals surface area contributed by atoms with Crippen LogP contribution >= 0.6 is 22.6 Å². The van der Waals surface area contributed by atoms with Crippen LogP contribution in [0, 0.1) is 3.57 Å². The van der Waals surface area contributed by atoms with Gasteiger partial charge >= 0.3 is 12.1 Å². The summed E-state index contributed by atoms with van der Waals surface area (Å²) in [5.41, 5.74) is -0.488. The number of nitrogens with one attached hydrogen (secondary N) is 1. The molecule has 0 atom stereocenters. The average molecular weight is 571 g/mol. The zero-order chi connectivity index (χ0) is 23.2. The normalized spacial score (nSPS) is 12.8. The molecule has 0 aliphatic carbocycles. The molecule has 0 saturated heterocycles. The van der Waals surface area contributed by atoms with Crippen molar-refractivity contribution in [2.24, 2.45) is 0 Å². The van der Waals surface area contributed by atoms with E-state index in [4.69, 9.17) is 4.74 Å². The Morgan fingerprint density at radius 2 is 1.55 bits per heavy atom. The van der Waals surface area contributed by atoms with E-state index in [0.29, 0.717) is 22.0 Å². The van der Waals surface area contributed by atoms with Crippen LogP contribution in [0.3, 0.4) is 0 Å². The van der Waals surface area contributed by atoms with Crippen molar-refractivity contribution in [3.63, 3.8) is 0 Å². The van der Waals surface area contributed by atoms with Gasteiger partial charge in [-0.3, -0.25) is 4.72 Å². The molecular formula is C20H15F5INO3S. The van der Waals surface area contributed by atoms with Gasteiger partial charge in [0.15, 0.2) is 0 Å². The molecule has 0 radical (unpaired) electrons. The van der Waals surface area contributed by atoms with Crippen LogP contribution in [0.25, 0.3) is 21.9 Å². The zero-order valence-electron chi connectivity index (χ0n) is 16.0. The van der Waals surface area contributed by atoms with Crippen molar-refractivity contribution in [3.05, 3.63) is 57.7 Å². The van der Waals surface area contributed by atoms with Crippen LogP contribution in [0.2, 0.25) is 0 Å². The Labute approximate surface area is 188 Å². The maximum absolute atomic E-state index is 14.2. The summed E-state index contributed by atoms with van der Waals surface area (Å²) in [5, 5.41) is 1.27. The second-order valence-corrected chi connectivity index (χ2v) is 9.75. The Morgan fingerprint density at radius 1 is 0.935 bits per heavy atom. The third-order valence-corrected chi connectivity index (χ3v) is 5.64. The van der Waals surface area contributed by atoms with E-state index in [1.807, 2.05) is 0 Å². The Hall–Kier alpha value is -2.15. The summed E-state index contributed by atoms with van der Waals surface area (Å²) in [7, 11) is -2.44. The molecule has 31 heavy (non-hydrogen) atoms. The maximum atomic E-state index is 14.2. The highest BCUT2D eigenvalue weighted by molar-refractivity contribution is 14.1. The lowest BCUT2D eigenvalue weighted by Gasteiger charge is -2.24. The van der Waals surface area contributed by atoms with Crippen LogP contribution in [0.1, 0.15) is 5.56 Å². The molecule has 0 spiro atoms. The lowest BCUT2D eigenvalue weighted by molar-refractivity contribution is -0.289. The van der Waals surface area contributed by atoms with E-state index in [9.17, 15) is 30.4 Å². The number of sulfonamides is 1. The first-order valence-electron chi connectivity index (χ1n) is 8.57. The first-order chi connectivity index (χ1) is 14.2. The van der Waals surface area contributed by atoms with Crippen molar-refractivity contribution < 1.29 is 35.1 Å². The summed E-state index contributed by atoms with van der Waals surface area (Å²) in [6, 6.07) is 11.7. The van der Waals surface area contributed by atoms with Gasteiger partial charge in [0.05, 0.1) is 18.9 Å². The number of ether oxygens (including phenoxy) is 1. The van der Waals surface area contributed by atoms with Gasteiger partial charge in [-0.2, -0.15) is 22.0 Å². The van der Waals surface area contributed by atoms with E-state index in [1.54, 1.807) is 46.9 Å². The van der Waals surface area contributed by atoms with Crippen LogP contribution in [-0.4, -0.2) is 28.0 Å². The predicted molar refractivity (Wildman–Crippen MR) is 117 cm³/mol. The summed E-state index contributed by atoms with van der Waals surface area (Å²) in [5.74, 6) is -5.67. The number of methoxy groups -OCH3 is 1. The third-order valence-electron chi connectivity index (χ3n) is 4.41. The van der Waals surface area contributed by atoms with Crippen LogP contribution < -0.4 is 9.46 Å². The van der Waals surface area contributed by atoms with Gasteiger partial charge in [0.25, 0.3) is 0 Å². The molecule has 0 aromatic heterocycles. The van der Waals surface area contributed by atoms with Crippen LogP contribution in [0.4, 0.5) is 27.6 Å². The van der Waals surface area contributed by atoms with Gasteiger partial charge in [0, 0.05) is 14.8 Å². The second kappa shape index (κ2) is 8.08. The molecule has 3 rings (SSSR count). The molecule has 11 heteroatoms. The third kappa shape index (κ3) is 4.86. The Morgan fingerprint density at radius 3 is 2.13 bits per heavy atom. The van der Waals surface area contributed by atoms with Crippen molar-refractivity contribution in [3.8, 4) is 16.9 Å². The largest absolute Gasteiger partial charge is 0.496 e. The summed E-state index contributed by atoms with van der Waals surface area (Å²) in [6.45, 7) is 0. The molecule has 1 N–H and O–H groups in total. The molecule has 0 bridgehead atoms. The van der Waals surface area contributed by atoms with Gasteiger partial charge in [-0.15, -0.1) is 0 Å². The first-order valence-corrected chi connectivity index (χ1v) is 11.5. The molecule has 0 aliphatic heterocycles. The number of halogens is 6. The molecule has 0 amide bonds. The molecular weight excluding hydrogens is 556 g/mol. The number of hydrogen-bond acceptors (Lipinski definition) is 3. The molecule has 4 nitrogen and oxygen atoms in total. The summed E-state index contributed by atoms with van der Waals surface area (Å²) >= 11 is 1.67. The minimum atomic E-state index is -5.78. The predicted octanol–water partition coefficient (Wildman–Crippen LogP) is 6.15. The van der Waals surface area contributed by atoms with E-state index in [-0.39, 0.29) is 9.13 Å². The fraction of sp³-hybridized carbons (Fsp3) is 0.200. The van der Waals surface area contributed by atoms with Gasteiger partial charge in [0.1, 0.15) is 5.75 Å². The fourth-order valence-electron chi connectivity index (χ4n) is 3.10. The second-order valence-electron chi connectivity index (χ2n) is 6.76. The number of alkyl halides is 5. The standard InChI is InChI=1S/C20H15F5INO3S/c1-30-18-16(9-14(26)10-17(18)19(21,22)20(23,24)25)13-4-3-12-8-15(27-31(2,28)29)6-5-11(12)7-13/h3-10,27H,1-2H3. The minimum Gasteiger partial charge on any atom is -0.496 e. The van der Waals surface area contributed by atoms with Gasteiger partial charge in [-0.25, -0.2) is 8.42 Å². The van der Waals surface area contributed by atoms with Gasteiger partial charge in [-0.05, 0) is 69.3 Å². The smallest absolute Gasteiger partial charge is 0.458 e. The quantitative estimate of drug-likeness (QED) is 0.296. The van der Waals surface area contributed by atoms with Gasteiger partial charge in [-0.1, -0.05) is 18.2 Å². The zero-order valence-corrected chi connectivity index (χ0v) is 19.0. The molecule has 166 valence electrons. The summed E-state index contributed by atoms with van der Waals surface area (Å²) in [4.78, 5) is 0. The molecule has 0 unspecified atom stereocenters. The van der Waals surface area contributed by atoms with E-state index in [2.05, 4.69) is 4.72 Å². The van der Waals surface area contributed by atoms with Crippen molar-refractivity contribution in [2.45, 2.75) is 12.1 Å². The lowest BCUT2D eigenvalue weighted by Crippen LogP contribution is -2.34. The molecule has 0 saturated carbocycles. The number of hydrogen-bond donors (Lipinski definition) is 1. The van der Waals surface area contributed by atoms with Crippen LogP contribution in [0.5, 0.6) is 5.75 Å². The lowest BCUT2D eigenvalue weighted by atomic mass is 9.96. The Bertz CT molecular complexity index is 1260. The fourth-order valence-corrected chi connectivity index (χ4v) is 4.28. The number of benzene rings is 3. The van der Waals surface area contributed by atoms with Crippen LogP contribution in [-0.2, 0) is 15.9 Å². The minimum absolute atomic E-state index is 0.0774. The highest BCUT2D eigenvalue weighted by Crippen LogP contribution is 2.50. The van der Waals surface area contributed by atoms with Crippen molar-refractivity contribution >= 4 is 49.1 Å². The summed E-state index contributed by atoms with van der Waals surface area (Å²) < 4.78 is 97.6. The highest BCUT2D eigenvalue weighted by atomic mass is 127. The van der Waals surface area contributed by atoms with Crippen molar-refractivity contribution in [1.29, 1.82) is 0 Å². The topological polar surface area (TPSA) is 55.4 Å². The average Bonchev–Trinajstić information content (AvgIpc) is 2.64. The molecule has 0 aliphatic rings. The number of anilines is 1. The van der Waals surface area contributed by atoms with E-state index in [0.717, 1.165) is 19.4 Å². The SMILES string of the molecule is COc1c(-c2ccc3cc(NS(C)(=O)=O)ccc3c2)cc(I)cc1C(F)(F)C(F)(F)F. The Balaban J connectivity index is 2.17. The van der Waals surface area contributed by atoms with Gasteiger partial charge in [0.2, 0.25) is 10.0 Å². The molecule has 0 fully saturated rings. The molecule has 3 aromatic rings. The molecule has 0 heterocycles. The van der Waals surface area contributed by atoms with Crippen molar-refractivity contribution in [1.82, 2.24) is 0 Å². The number of fused-ring (bicyclic) bond motifs is 1. The van der Waals surface area contributed by atoms with E-state index >= 15 is 0 Å². The van der Waals surface area contributed by atoms with E-state index < -0.39 is 33.4 Å². The monoisotopic (exact) mass is 571 g/mol. The Kier molecular flexibility index (Phi) is 6.13.